The number of hydrogen-bond donors (Lipinski definition) is 1. The molecule has 0 bridgehead atoms. The number of rotatable bonds is 5. The Balaban J connectivity index is 1.89. The molecule has 2 amide bonds. The topological polar surface area (TPSA) is 70.1 Å². The monoisotopic (exact) mass is 390 g/mol. The van der Waals surface area contributed by atoms with Crippen LogP contribution < -0.4 is 14.5 Å². The third-order valence-corrected chi connectivity index (χ3v) is 4.37. The average molecular weight is 390 g/mol. The van der Waals surface area contributed by atoms with Gasteiger partial charge in [-0.3, -0.25) is 9.80 Å². The fraction of sp³-hybridized carbons (Fsp3) is 0.300. The van der Waals surface area contributed by atoms with Crippen molar-refractivity contribution in [2.45, 2.75) is 32.4 Å². The molecule has 2 aromatic carbocycles. The van der Waals surface area contributed by atoms with Crippen molar-refractivity contribution in [1.82, 2.24) is 0 Å². The van der Waals surface area contributed by atoms with Crippen LogP contribution in [0.15, 0.2) is 48.5 Å². The number of carboxylic acid groups (broad SMARTS) is 1. The molecule has 0 saturated carbocycles. The molecule has 0 spiro atoms. The van der Waals surface area contributed by atoms with E-state index in [2.05, 4.69) is 4.74 Å². The lowest BCUT2D eigenvalue weighted by Gasteiger charge is -2.29. The molecule has 0 atom stereocenters. The Morgan fingerprint density at radius 3 is 2.36 bits per heavy atom. The number of carbonyl (C=O) groups excluding carboxylic acids is 1. The molecule has 8 heteroatoms. The van der Waals surface area contributed by atoms with Gasteiger partial charge in [-0.25, -0.2) is 9.59 Å². The summed E-state index contributed by atoms with van der Waals surface area (Å²) >= 11 is 0. The van der Waals surface area contributed by atoms with Crippen molar-refractivity contribution in [3.05, 3.63) is 54.1 Å². The fourth-order valence-corrected chi connectivity index (χ4v) is 3.25. The molecular formula is C20H20F2N2O4. The van der Waals surface area contributed by atoms with Crippen LogP contribution >= 0.6 is 0 Å². The number of anilines is 2. The Kier molecular flexibility index (Phi) is 4.74. The second-order valence-electron chi connectivity index (χ2n) is 7.28. The quantitative estimate of drug-likeness (QED) is 0.810. The van der Waals surface area contributed by atoms with Gasteiger partial charge >= 0.3 is 18.1 Å². The average Bonchev–Trinajstić information content (AvgIpc) is 2.83. The predicted molar refractivity (Wildman–Crippen MR) is 100 cm³/mol. The molecular weight excluding hydrogens is 370 g/mol. The first-order chi connectivity index (χ1) is 13.0. The summed E-state index contributed by atoms with van der Waals surface area (Å²) in [5.74, 6) is -1.08. The Morgan fingerprint density at radius 2 is 1.79 bits per heavy atom. The van der Waals surface area contributed by atoms with E-state index in [1.165, 1.54) is 46.2 Å². The second kappa shape index (κ2) is 6.78. The van der Waals surface area contributed by atoms with E-state index >= 15 is 0 Å². The lowest BCUT2D eigenvalue weighted by Crippen LogP contribution is -2.42. The van der Waals surface area contributed by atoms with Crippen LogP contribution in [0.5, 0.6) is 5.75 Å². The van der Waals surface area contributed by atoms with Gasteiger partial charge in [-0.15, -0.1) is 0 Å². The smallest absolute Gasteiger partial charge is 0.394 e. The van der Waals surface area contributed by atoms with E-state index in [4.69, 9.17) is 0 Å². The van der Waals surface area contributed by atoms with Crippen LogP contribution in [-0.4, -0.2) is 35.3 Å². The minimum atomic E-state index is -3.29. The van der Waals surface area contributed by atoms with Gasteiger partial charge in [-0.05, 0) is 56.3 Å². The summed E-state index contributed by atoms with van der Waals surface area (Å²) in [5, 5.41) is 9.21. The van der Waals surface area contributed by atoms with Crippen molar-refractivity contribution >= 4 is 23.4 Å². The molecule has 28 heavy (non-hydrogen) atoms. The van der Waals surface area contributed by atoms with Crippen molar-refractivity contribution in [3.8, 4) is 5.75 Å². The summed E-state index contributed by atoms with van der Waals surface area (Å²) < 4.78 is 30.4. The highest BCUT2D eigenvalue weighted by Crippen LogP contribution is 2.36. The number of nitrogens with zero attached hydrogens (tertiary/aromatic N) is 2. The SMILES string of the molecule is CC(F)(F)Oc1ccc(N2CC(C)(C)N(c3cccc(C(=O)O)c3)C2=O)cc1. The number of hydrogen-bond acceptors (Lipinski definition) is 3. The van der Waals surface area contributed by atoms with Crippen LogP contribution in [0, 0.1) is 0 Å². The molecule has 1 fully saturated rings. The highest BCUT2D eigenvalue weighted by Gasteiger charge is 2.44. The zero-order valence-electron chi connectivity index (χ0n) is 15.6. The number of alkyl halides is 2. The first kappa shape index (κ1) is 19.6. The molecule has 0 unspecified atom stereocenters. The second-order valence-corrected chi connectivity index (χ2v) is 7.28. The van der Waals surface area contributed by atoms with Crippen LogP contribution in [0.4, 0.5) is 25.0 Å². The van der Waals surface area contributed by atoms with Crippen LogP contribution in [0.2, 0.25) is 0 Å². The Labute approximate surface area is 160 Å². The van der Waals surface area contributed by atoms with E-state index in [9.17, 15) is 23.5 Å². The Morgan fingerprint density at radius 1 is 1.14 bits per heavy atom. The van der Waals surface area contributed by atoms with Gasteiger partial charge in [0.15, 0.2) is 0 Å². The largest absolute Gasteiger partial charge is 0.478 e. The van der Waals surface area contributed by atoms with Gasteiger partial charge in [-0.1, -0.05) is 6.07 Å². The van der Waals surface area contributed by atoms with Gasteiger partial charge < -0.3 is 9.84 Å². The van der Waals surface area contributed by atoms with Crippen LogP contribution in [0.3, 0.4) is 0 Å². The number of carbonyl (C=O) groups is 2. The van der Waals surface area contributed by atoms with Gasteiger partial charge in [0.25, 0.3) is 0 Å². The van der Waals surface area contributed by atoms with Crippen LogP contribution in [0.25, 0.3) is 0 Å². The molecule has 0 aromatic heterocycles. The summed E-state index contributed by atoms with van der Waals surface area (Å²) in [6.07, 6.45) is -3.29. The molecule has 0 aliphatic carbocycles. The van der Waals surface area contributed by atoms with Crippen molar-refractivity contribution in [2.24, 2.45) is 0 Å². The maximum Gasteiger partial charge on any atom is 0.394 e. The van der Waals surface area contributed by atoms with E-state index < -0.39 is 17.6 Å². The van der Waals surface area contributed by atoms with Gasteiger partial charge in [-0.2, -0.15) is 8.78 Å². The van der Waals surface area contributed by atoms with Gasteiger partial charge in [0.05, 0.1) is 17.6 Å². The summed E-state index contributed by atoms with van der Waals surface area (Å²) in [4.78, 5) is 27.4. The van der Waals surface area contributed by atoms with Crippen molar-refractivity contribution < 1.29 is 28.2 Å². The molecule has 2 aromatic rings. The van der Waals surface area contributed by atoms with E-state index in [0.29, 0.717) is 24.8 Å². The van der Waals surface area contributed by atoms with Gasteiger partial charge in [0, 0.05) is 18.3 Å². The first-order valence-corrected chi connectivity index (χ1v) is 8.60. The minimum absolute atomic E-state index is 0.00632. The highest BCUT2D eigenvalue weighted by molar-refractivity contribution is 6.08. The molecule has 1 aliphatic heterocycles. The molecule has 148 valence electrons. The molecule has 1 saturated heterocycles. The number of urea groups is 1. The molecule has 0 radical (unpaired) electrons. The zero-order valence-corrected chi connectivity index (χ0v) is 15.6. The molecule has 6 nitrogen and oxygen atoms in total. The summed E-state index contributed by atoms with van der Waals surface area (Å²) in [6, 6.07) is 11.7. The summed E-state index contributed by atoms with van der Waals surface area (Å²) in [7, 11) is 0. The normalized spacial score (nSPS) is 16.4. The van der Waals surface area contributed by atoms with Crippen LogP contribution in [-0.2, 0) is 0 Å². The van der Waals surface area contributed by atoms with Crippen LogP contribution in [0.1, 0.15) is 31.1 Å². The lowest BCUT2D eigenvalue weighted by atomic mass is 10.0. The first-order valence-electron chi connectivity index (χ1n) is 8.60. The highest BCUT2D eigenvalue weighted by atomic mass is 19.3. The number of halogens is 2. The predicted octanol–water partition coefficient (Wildman–Crippen LogP) is 4.60. The van der Waals surface area contributed by atoms with Gasteiger partial charge in [0.1, 0.15) is 5.75 Å². The number of amides is 2. The fourth-order valence-electron chi connectivity index (χ4n) is 3.25. The number of carboxylic acids is 1. The number of aromatic carboxylic acids is 1. The maximum atomic E-state index is 13.1. The van der Waals surface area contributed by atoms with Crippen molar-refractivity contribution in [2.75, 3.05) is 16.3 Å². The van der Waals surface area contributed by atoms with Crippen molar-refractivity contribution in [1.29, 1.82) is 0 Å². The Hall–Kier alpha value is -3.16. The van der Waals surface area contributed by atoms with Crippen molar-refractivity contribution in [3.63, 3.8) is 0 Å². The lowest BCUT2D eigenvalue weighted by molar-refractivity contribution is -0.158. The van der Waals surface area contributed by atoms with E-state index in [1.54, 1.807) is 12.1 Å². The number of benzene rings is 2. The van der Waals surface area contributed by atoms with Gasteiger partial charge in [0.2, 0.25) is 0 Å². The van der Waals surface area contributed by atoms with E-state index in [-0.39, 0.29) is 17.3 Å². The molecule has 1 heterocycles. The number of ether oxygens (including phenoxy) is 1. The third-order valence-electron chi connectivity index (χ3n) is 4.37. The molecule has 1 aliphatic rings. The standard InChI is InChI=1S/C20H20F2N2O4/c1-19(2)12-23(14-7-9-16(10-8-14)28-20(3,21)22)18(27)24(19)15-6-4-5-13(11-15)17(25)26/h4-11H,12H2,1-3H3,(H,25,26). The summed E-state index contributed by atoms with van der Waals surface area (Å²) in [5.41, 5.74) is 0.478. The molecule has 3 rings (SSSR count). The Bertz CT molecular complexity index is 907. The molecule has 1 N–H and O–H groups in total. The summed E-state index contributed by atoms with van der Waals surface area (Å²) in [6.45, 7) is 4.73. The zero-order chi connectivity index (χ0) is 20.7. The maximum absolute atomic E-state index is 13.1. The minimum Gasteiger partial charge on any atom is -0.478 e. The van der Waals surface area contributed by atoms with E-state index in [0.717, 1.165) is 0 Å². The third kappa shape index (κ3) is 3.90. The van der Waals surface area contributed by atoms with E-state index in [1.807, 2.05) is 13.8 Å².